The summed E-state index contributed by atoms with van der Waals surface area (Å²) in [5.74, 6) is 0.200. The van der Waals surface area contributed by atoms with Crippen molar-refractivity contribution in [2.75, 3.05) is 18.2 Å². The van der Waals surface area contributed by atoms with Crippen LogP contribution in [-0.2, 0) is 23.0 Å². The number of nitrogens with zero attached hydrogens (tertiary/aromatic N) is 3. The lowest BCUT2D eigenvalue weighted by Crippen LogP contribution is -2.16. The van der Waals surface area contributed by atoms with Crippen LogP contribution in [0.3, 0.4) is 0 Å². The van der Waals surface area contributed by atoms with Gasteiger partial charge in [-0.1, -0.05) is 48.9 Å². The molecule has 0 spiro atoms. The van der Waals surface area contributed by atoms with E-state index in [9.17, 15) is 9.59 Å². The zero-order chi connectivity index (χ0) is 25.8. The Hall–Kier alpha value is -2.95. The molecular weight excluding hydrogens is 513 g/mol. The lowest BCUT2D eigenvalue weighted by Gasteiger charge is -2.10. The quantitative estimate of drug-likeness (QED) is 0.196. The second-order valence-corrected chi connectivity index (χ2v) is 11.2. The minimum Gasteiger partial charge on any atom is -0.465 e. The van der Waals surface area contributed by atoms with E-state index in [4.69, 9.17) is 4.74 Å². The summed E-state index contributed by atoms with van der Waals surface area (Å²) in [4.78, 5) is 26.8. The summed E-state index contributed by atoms with van der Waals surface area (Å²) in [7, 11) is 3.25. The standard InChI is InChI=1S/C26H28N4O3S3/c1-6-7-18-11-17(12-34-18)23-28-29-26(30(23)4)36-14-21(31)27-24-22(25(32)33-5)20(13-35-24)19-10-15(2)8-9-16(19)3/h8-13H,6-7,14H2,1-5H3,(H,27,31). The number of thioether (sulfide) groups is 1. The number of rotatable bonds is 9. The van der Waals surface area contributed by atoms with Gasteiger partial charge < -0.3 is 14.6 Å². The Bertz CT molecular complexity index is 1400. The van der Waals surface area contributed by atoms with Gasteiger partial charge in [0.15, 0.2) is 11.0 Å². The molecule has 4 rings (SSSR count). The van der Waals surface area contributed by atoms with Gasteiger partial charge in [0.1, 0.15) is 10.6 Å². The highest BCUT2D eigenvalue weighted by molar-refractivity contribution is 7.99. The molecule has 0 unspecified atom stereocenters. The average Bonchev–Trinajstić information content (AvgIpc) is 3.58. The second kappa shape index (κ2) is 11.4. The molecule has 0 bridgehead atoms. The van der Waals surface area contributed by atoms with Gasteiger partial charge in [-0.2, -0.15) is 0 Å². The van der Waals surface area contributed by atoms with Crippen LogP contribution in [0.2, 0.25) is 0 Å². The van der Waals surface area contributed by atoms with Crippen molar-refractivity contribution in [1.29, 1.82) is 0 Å². The molecule has 3 aromatic heterocycles. The fourth-order valence-corrected chi connectivity index (χ4v) is 6.48. The van der Waals surface area contributed by atoms with Gasteiger partial charge in [0.2, 0.25) is 5.91 Å². The number of amides is 1. The summed E-state index contributed by atoms with van der Waals surface area (Å²) in [5.41, 5.74) is 5.25. The molecule has 0 fully saturated rings. The van der Waals surface area contributed by atoms with Crippen LogP contribution in [0.1, 0.15) is 39.7 Å². The van der Waals surface area contributed by atoms with Gasteiger partial charge in [-0.05, 0) is 37.5 Å². The number of benzene rings is 1. The molecule has 1 N–H and O–H groups in total. The predicted octanol–water partition coefficient (Wildman–Crippen LogP) is 6.36. The number of ether oxygens (including phenoxy) is 1. The third kappa shape index (κ3) is 5.55. The number of thiophene rings is 2. The Labute approximate surface area is 222 Å². The van der Waals surface area contributed by atoms with Gasteiger partial charge in [-0.25, -0.2) is 4.79 Å². The van der Waals surface area contributed by atoms with E-state index in [1.54, 1.807) is 11.3 Å². The first-order valence-corrected chi connectivity index (χ1v) is 14.2. The topological polar surface area (TPSA) is 86.1 Å². The van der Waals surface area contributed by atoms with Crippen LogP contribution in [0.25, 0.3) is 22.5 Å². The fraction of sp³-hybridized carbons (Fsp3) is 0.308. The molecule has 188 valence electrons. The van der Waals surface area contributed by atoms with Crippen LogP contribution >= 0.6 is 34.4 Å². The molecule has 0 radical (unpaired) electrons. The molecular formula is C26H28N4O3S3. The van der Waals surface area contributed by atoms with E-state index in [0.717, 1.165) is 46.5 Å². The molecule has 0 atom stereocenters. The van der Waals surface area contributed by atoms with Gasteiger partial charge in [0.25, 0.3) is 0 Å². The average molecular weight is 541 g/mol. The zero-order valence-corrected chi connectivity index (χ0v) is 23.3. The molecule has 3 heterocycles. The monoisotopic (exact) mass is 540 g/mol. The first kappa shape index (κ1) is 26.1. The van der Waals surface area contributed by atoms with Gasteiger partial charge in [-0.3, -0.25) is 4.79 Å². The molecule has 36 heavy (non-hydrogen) atoms. The lowest BCUT2D eigenvalue weighted by atomic mass is 9.97. The highest BCUT2D eigenvalue weighted by Crippen LogP contribution is 2.38. The Balaban J connectivity index is 1.49. The molecule has 0 aliphatic carbocycles. The molecule has 4 aromatic rings. The van der Waals surface area contributed by atoms with Crippen LogP contribution in [0, 0.1) is 13.8 Å². The van der Waals surface area contributed by atoms with E-state index in [2.05, 4.69) is 33.9 Å². The number of esters is 1. The van der Waals surface area contributed by atoms with Crippen LogP contribution < -0.4 is 5.32 Å². The van der Waals surface area contributed by atoms with Crippen LogP contribution in [-0.4, -0.2) is 39.5 Å². The summed E-state index contributed by atoms with van der Waals surface area (Å²) in [6.45, 7) is 6.17. The number of carbonyl (C=O) groups is 2. The minimum atomic E-state index is -0.480. The van der Waals surface area contributed by atoms with Crippen molar-refractivity contribution in [1.82, 2.24) is 14.8 Å². The van der Waals surface area contributed by atoms with Gasteiger partial charge in [-0.15, -0.1) is 32.9 Å². The molecule has 1 amide bonds. The highest BCUT2D eigenvalue weighted by Gasteiger charge is 2.23. The maximum absolute atomic E-state index is 12.8. The smallest absolute Gasteiger partial charge is 0.341 e. The van der Waals surface area contributed by atoms with Crippen molar-refractivity contribution in [2.24, 2.45) is 7.05 Å². The zero-order valence-electron chi connectivity index (χ0n) is 20.9. The molecule has 0 saturated carbocycles. The van der Waals surface area contributed by atoms with Crippen molar-refractivity contribution in [2.45, 2.75) is 38.8 Å². The summed E-state index contributed by atoms with van der Waals surface area (Å²) >= 11 is 4.34. The second-order valence-electron chi connectivity index (χ2n) is 8.42. The molecule has 0 saturated heterocycles. The number of anilines is 1. The SMILES string of the molecule is CCCc1cc(-c2nnc(SCC(=O)Nc3scc(-c4cc(C)ccc4C)c3C(=O)OC)n2C)cs1. The summed E-state index contributed by atoms with van der Waals surface area (Å²) in [6.07, 6.45) is 2.15. The van der Waals surface area contributed by atoms with Gasteiger partial charge in [0.05, 0.1) is 12.9 Å². The summed E-state index contributed by atoms with van der Waals surface area (Å²) in [5, 5.41) is 16.6. The molecule has 0 aliphatic rings. The maximum Gasteiger partial charge on any atom is 0.341 e. The Kier molecular flexibility index (Phi) is 8.28. The van der Waals surface area contributed by atoms with Crippen LogP contribution in [0.5, 0.6) is 0 Å². The normalized spacial score (nSPS) is 11.0. The Morgan fingerprint density at radius 1 is 1.11 bits per heavy atom. The number of methoxy groups -OCH3 is 1. The fourth-order valence-electron chi connectivity index (χ4n) is 3.84. The number of hydrogen-bond acceptors (Lipinski definition) is 8. The van der Waals surface area contributed by atoms with Crippen molar-refractivity contribution in [3.63, 3.8) is 0 Å². The summed E-state index contributed by atoms with van der Waals surface area (Å²) < 4.78 is 6.95. The minimum absolute atomic E-state index is 0.133. The number of aromatic nitrogens is 3. The van der Waals surface area contributed by atoms with E-state index in [1.165, 1.54) is 35.1 Å². The van der Waals surface area contributed by atoms with Gasteiger partial charge >= 0.3 is 5.97 Å². The van der Waals surface area contributed by atoms with Crippen molar-refractivity contribution >= 4 is 51.3 Å². The number of carbonyl (C=O) groups excluding carboxylic acids is 2. The predicted molar refractivity (Wildman–Crippen MR) is 148 cm³/mol. The molecule has 1 aromatic carbocycles. The van der Waals surface area contributed by atoms with Crippen molar-refractivity contribution < 1.29 is 14.3 Å². The van der Waals surface area contributed by atoms with E-state index in [-0.39, 0.29) is 11.7 Å². The highest BCUT2D eigenvalue weighted by atomic mass is 32.2. The van der Waals surface area contributed by atoms with Crippen molar-refractivity contribution in [3.05, 3.63) is 56.6 Å². The third-order valence-electron chi connectivity index (χ3n) is 5.69. The summed E-state index contributed by atoms with van der Waals surface area (Å²) in [6, 6.07) is 8.24. The number of hydrogen-bond donors (Lipinski definition) is 1. The first-order chi connectivity index (χ1) is 17.3. The van der Waals surface area contributed by atoms with Gasteiger partial charge in [0, 0.05) is 33.8 Å². The third-order valence-corrected chi connectivity index (χ3v) is 8.60. The molecule has 10 heteroatoms. The Morgan fingerprint density at radius 3 is 2.67 bits per heavy atom. The van der Waals surface area contributed by atoms with E-state index < -0.39 is 5.97 Å². The first-order valence-electron chi connectivity index (χ1n) is 11.5. The van der Waals surface area contributed by atoms with E-state index >= 15 is 0 Å². The van der Waals surface area contributed by atoms with Crippen LogP contribution in [0.4, 0.5) is 5.00 Å². The Morgan fingerprint density at radius 2 is 1.92 bits per heavy atom. The molecule has 7 nitrogen and oxygen atoms in total. The maximum atomic E-state index is 12.8. The van der Waals surface area contributed by atoms with Crippen molar-refractivity contribution in [3.8, 4) is 22.5 Å². The van der Waals surface area contributed by atoms with E-state index in [0.29, 0.717) is 15.7 Å². The molecule has 0 aliphatic heterocycles. The van der Waals surface area contributed by atoms with E-state index in [1.807, 2.05) is 49.0 Å². The number of nitrogens with one attached hydrogen (secondary N) is 1. The lowest BCUT2D eigenvalue weighted by molar-refractivity contribution is -0.113. The number of aryl methyl sites for hydroxylation is 3. The van der Waals surface area contributed by atoms with Crippen LogP contribution in [0.15, 0.2) is 40.2 Å². The largest absolute Gasteiger partial charge is 0.465 e.